The van der Waals surface area contributed by atoms with Crippen molar-refractivity contribution in [2.75, 3.05) is 24.7 Å². The summed E-state index contributed by atoms with van der Waals surface area (Å²) in [4.78, 5) is 12.0. The molecule has 0 spiro atoms. The maximum Gasteiger partial charge on any atom is 0.314 e. The highest BCUT2D eigenvalue weighted by molar-refractivity contribution is 7.80. The predicted molar refractivity (Wildman–Crippen MR) is 45.7 cm³/mol. The number of nitrogens with zero attached hydrogens (tertiary/aromatic N) is 1. The summed E-state index contributed by atoms with van der Waals surface area (Å²) in [6.45, 7) is 1.06. The number of alkyl halides is 1. The van der Waals surface area contributed by atoms with Crippen LogP contribution in [-0.4, -0.2) is 35.7 Å². The van der Waals surface area contributed by atoms with E-state index in [1.807, 2.05) is 0 Å². The smallest absolute Gasteiger partial charge is 0.314 e. The molecule has 5 heteroatoms. The van der Waals surface area contributed by atoms with Crippen molar-refractivity contribution in [3.63, 3.8) is 0 Å². The van der Waals surface area contributed by atoms with E-state index in [0.29, 0.717) is 24.7 Å². The van der Waals surface area contributed by atoms with Crippen molar-refractivity contribution >= 4 is 30.3 Å². The molecule has 0 unspecified atom stereocenters. The molecule has 2 N–H and O–H groups in total. The molecule has 0 aliphatic heterocycles. The molecule has 0 saturated carbocycles. The molecule has 0 saturated heterocycles. The van der Waals surface area contributed by atoms with Crippen LogP contribution in [0.25, 0.3) is 0 Å². The van der Waals surface area contributed by atoms with Crippen LogP contribution in [0.3, 0.4) is 0 Å². The third-order valence-corrected chi connectivity index (χ3v) is 1.41. The number of urea groups is 1. The van der Waals surface area contributed by atoms with E-state index in [4.69, 9.17) is 17.3 Å². The summed E-state index contributed by atoms with van der Waals surface area (Å²) in [7, 11) is 0. The van der Waals surface area contributed by atoms with Crippen molar-refractivity contribution in [3.05, 3.63) is 0 Å². The summed E-state index contributed by atoms with van der Waals surface area (Å²) in [6, 6.07) is -0.435. The standard InChI is InChI=1S/C5H11ClN2OS/c6-1-2-8(3-4-10)5(7)9/h10H,1-4H2,(H2,7,9). The average molecular weight is 183 g/mol. The zero-order valence-corrected chi connectivity index (χ0v) is 7.24. The Labute approximate surface area is 70.9 Å². The van der Waals surface area contributed by atoms with Gasteiger partial charge in [-0.1, -0.05) is 0 Å². The molecule has 0 aliphatic rings. The SMILES string of the molecule is NC(=O)N(CCS)CCCl. The Hall–Kier alpha value is -0.0900. The lowest BCUT2D eigenvalue weighted by atomic mass is 10.5. The summed E-state index contributed by atoms with van der Waals surface area (Å²) in [5, 5.41) is 0. The average Bonchev–Trinajstić information content (AvgIpc) is 1.87. The second-order valence-electron chi connectivity index (χ2n) is 1.74. The van der Waals surface area contributed by atoms with Gasteiger partial charge in [0.2, 0.25) is 0 Å². The fourth-order valence-electron chi connectivity index (χ4n) is 0.555. The molecule has 10 heavy (non-hydrogen) atoms. The van der Waals surface area contributed by atoms with Gasteiger partial charge in [0.25, 0.3) is 0 Å². The fraction of sp³-hybridized carbons (Fsp3) is 0.800. The van der Waals surface area contributed by atoms with Crippen LogP contribution in [0.1, 0.15) is 0 Å². The van der Waals surface area contributed by atoms with Crippen LogP contribution >= 0.6 is 24.2 Å². The van der Waals surface area contributed by atoms with Crippen molar-refractivity contribution in [2.45, 2.75) is 0 Å². The van der Waals surface area contributed by atoms with Gasteiger partial charge in [-0.3, -0.25) is 0 Å². The Morgan fingerprint density at radius 2 is 2.20 bits per heavy atom. The van der Waals surface area contributed by atoms with Crippen molar-refractivity contribution in [2.24, 2.45) is 5.73 Å². The lowest BCUT2D eigenvalue weighted by Gasteiger charge is -2.16. The van der Waals surface area contributed by atoms with Crippen LogP contribution in [-0.2, 0) is 0 Å². The predicted octanol–water partition coefficient (Wildman–Crippen LogP) is 0.536. The van der Waals surface area contributed by atoms with Gasteiger partial charge in [-0.15, -0.1) is 11.6 Å². The zero-order chi connectivity index (χ0) is 7.98. The quantitative estimate of drug-likeness (QED) is 0.484. The molecule has 0 fully saturated rings. The van der Waals surface area contributed by atoms with E-state index in [0.717, 1.165) is 0 Å². The molecule has 0 aromatic heterocycles. The van der Waals surface area contributed by atoms with E-state index in [9.17, 15) is 4.79 Å². The highest BCUT2D eigenvalue weighted by atomic mass is 35.5. The number of carbonyl (C=O) groups excluding carboxylic acids is 1. The Morgan fingerprint density at radius 1 is 1.60 bits per heavy atom. The normalized spacial score (nSPS) is 9.40. The molecule has 60 valence electrons. The fourth-order valence-corrected chi connectivity index (χ4v) is 1.00. The molecule has 2 amide bonds. The molecule has 0 atom stereocenters. The van der Waals surface area contributed by atoms with Crippen LogP contribution in [0.2, 0.25) is 0 Å². The lowest BCUT2D eigenvalue weighted by molar-refractivity contribution is 0.214. The van der Waals surface area contributed by atoms with Gasteiger partial charge < -0.3 is 10.6 Å². The third-order valence-electron chi connectivity index (χ3n) is 1.04. The number of hydrogen-bond acceptors (Lipinski definition) is 2. The van der Waals surface area contributed by atoms with E-state index in [1.165, 1.54) is 4.90 Å². The molecule has 0 rings (SSSR count). The molecule has 0 aromatic rings. The Kier molecular flexibility index (Phi) is 5.63. The van der Waals surface area contributed by atoms with Gasteiger partial charge in [0.1, 0.15) is 0 Å². The van der Waals surface area contributed by atoms with Crippen molar-refractivity contribution in [1.82, 2.24) is 4.90 Å². The van der Waals surface area contributed by atoms with Gasteiger partial charge in [-0.2, -0.15) is 12.6 Å². The van der Waals surface area contributed by atoms with Gasteiger partial charge in [-0.05, 0) is 0 Å². The number of thiol groups is 1. The third kappa shape index (κ3) is 3.85. The number of hydrogen-bond donors (Lipinski definition) is 2. The molecular formula is C5H11ClN2OS. The van der Waals surface area contributed by atoms with E-state index in [1.54, 1.807) is 0 Å². The summed E-state index contributed by atoms with van der Waals surface area (Å²) in [6.07, 6.45) is 0. The van der Waals surface area contributed by atoms with Crippen molar-refractivity contribution in [1.29, 1.82) is 0 Å². The van der Waals surface area contributed by atoms with E-state index in [-0.39, 0.29) is 0 Å². The van der Waals surface area contributed by atoms with Gasteiger partial charge in [0, 0.05) is 24.7 Å². The minimum atomic E-state index is -0.435. The number of nitrogens with two attached hydrogens (primary N) is 1. The summed E-state index contributed by atoms with van der Waals surface area (Å²) in [5.41, 5.74) is 5.00. The number of rotatable bonds is 4. The van der Waals surface area contributed by atoms with Crippen LogP contribution in [0, 0.1) is 0 Å². The maximum atomic E-state index is 10.5. The maximum absolute atomic E-state index is 10.5. The first-order chi connectivity index (χ1) is 4.72. The Morgan fingerprint density at radius 3 is 2.50 bits per heavy atom. The summed E-state index contributed by atoms with van der Waals surface area (Å²) >= 11 is 9.36. The van der Waals surface area contributed by atoms with Crippen LogP contribution in [0.5, 0.6) is 0 Å². The van der Waals surface area contributed by atoms with E-state index < -0.39 is 6.03 Å². The Bertz CT molecular complexity index is 106. The first kappa shape index (κ1) is 9.91. The molecular weight excluding hydrogens is 172 g/mol. The number of halogens is 1. The van der Waals surface area contributed by atoms with Gasteiger partial charge in [0.05, 0.1) is 0 Å². The zero-order valence-electron chi connectivity index (χ0n) is 5.59. The second kappa shape index (κ2) is 5.68. The summed E-state index contributed by atoms with van der Waals surface area (Å²) in [5.74, 6) is 1.02. The van der Waals surface area contributed by atoms with Gasteiger partial charge in [-0.25, -0.2) is 4.79 Å². The minimum Gasteiger partial charge on any atom is -0.351 e. The highest BCUT2D eigenvalue weighted by Gasteiger charge is 2.05. The molecule has 0 bridgehead atoms. The molecule has 0 heterocycles. The molecule has 0 aromatic carbocycles. The van der Waals surface area contributed by atoms with Gasteiger partial charge in [0.15, 0.2) is 0 Å². The second-order valence-corrected chi connectivity index (χ2v) is 2.56. The number of amides is 2. The first-order valence-electron chi connectivity index (χ1n) is 2.93. The monoisotopic (exact) mass is 182 g/mol. The van der Waals surface area contributed by atoms with E-state index in [2.05, 4.69) is 12.6 Å². The first-order valence-corrected chi connectivity index (χ1v) is 4.10. The van der Waals surface area contributed by atoms with E-state index >= 15 is 0 Å². The minimum absolute atomic E-state index is 0.413. The largest absolute Gasteiger partial charge is 0.351 e. The highest BCUT2D eigenvalue weighted by Crippen LogP contribution is 1.90. The van der Waals surface area contributed by atoms with Gasteiger partial charge >= 0.3 is 6.03 Å². The Balaban J connectivity index is 3.61. The van der Waals surface area contributed by atoms with Crippen molar-refractivity contribution in [3.8, 4) is 0 Å². The van der Waals surface area contributed by atoms with Crippen LogP contribution in [0.4, 0.5) is 4.79 Å². The molecule has 3 nitrogen and oxygen atoms in total. The summed E-state index contributed by atoms with van der Waals surface area (Å²) < 4.78 is 0. The topological polar surface area (TPSA) is 46.3 Å². The molecule has 0 aliphatic carbocycles. The number of carbonyl (C=O) groups is 1. The molecule has 0 radical (unpaired) electrons. The van der Waals surface area contributed by atoms with Crippen LogP contribution in [0.15, 0.2) is 0 Å². The van der Waals surface area contributed by atoms with Crippen LogP contribution < -0.4 is 5.73 Å². The number of primary amides is 1. The van der Waals surface area contributed by atoms with Crippen molar-refractivity contribution < 1.29 is 4.79 Å². The lowest BCUT2D eigenvalue weighted by Crippen LogP contribution is -2.38.